The molecule has 0 heterocycles. The largest absolute Gasteiger partial charge is 0.506 e. The van der Waals surface area contributed by atoms with Crippen molar-refractivity contribution in [2.75, 3.05) is 11.9 Å². The number of nitrogens with one attached hydrogen (secondary N) is 2. The Kier molecular flexibility index (Phi) is 5.28. The minimum absolute atomic E-state index is 0.0771. The normalized spacial score (nSPS) is 16.1. The van der Waals surface area contributed by atoms with E-state index in [0.29, 0.717) is 10.1 Å². The van der Waals surface area contributed by atoms with Crippen LogP contribution in [0.4, 0.5) is 5.69 Å². The molecule has 0 bridgehead atoms. The van der Waals surface area contributed by atoms with Gasteiger partial charge in [-0.15, -0.1) is 0 Å². The summed E-state index contributed by atoms with van der Waals surface area (Å²) in [5.74, 6) is 0.810. The van der Waals surface area contributed by atoms with Gasteiger partial charge in [0.1, 0.15) is 5.75 Å². The quantitative estimate of drug-likeness (QED) is 0.585. The predicted octanol–water partition coefficient (Wildman–Crippen LogP) is 3.91. The number of aromatic hydroxyl groups is 1. The first-order valence-electron chi connectivity index (χ1n) is 6.68. The highest BCUT2D eigenvalue weighted by Gasteiger charge is 2.13. The fourth-order valence-corrected chi connectivity index (χ4v) is 2.77. The van der Waals surface area contributed by atoms with Gasteiger partial charge in [-0.25, -0.2) is 0 Å². The lowest BCUT2D eigenvalue weighted by atomic mass is 9.89. The maximum Gasteiger partial charge on any atom is 0.170 e. The number of anilines is 1. The van der Waals surface area contributed by atoms with E-state index in [0.717, 1.165) is 18.2 Å². The molecule has 19 heavy (non-hydrogen) atoms. The topological polar surface area (TPSA) is 44.3 Å². The van der Waals surface area contributed by atoms with Crippen molar-refractivity contribution in [3.63, 3.8) is 0 Å². The molecule has 1 aliphatic rings. The molecule has 0 aromatic heterocycles. The van der Waals surface area contributed by atoms with Gasteiger partial charge in [-0.1, -0.05) is 30.9 Å². The van der Waals surface area contributed by atoms with Crippen molar-refractivity contribution >= 4 is 34.6 Å². The highest BCUT2D eigenvalue weighted by atomic mass is 35.5. The van der Waals surface area contributed by atoms with E-state index in [9.17, 15) is 5.11 Å². The summed E-state index contributed by atoms with van der Waals surface area (Å²) >= 11 is 11.1. The Morgan fingerprint density at radius 3 is 2.74 bits per heavy atom. The Balaban J connectivity index is 1.78. The molecule has 1 aromatic carbocycles. The lowest BCUT2D eigenvalue weighted by Crippen LogP contribution is -2.33. The zero-order valence-electron chi connectivity index (χ0n) is 10.8. The van der Waals surface area contributed by atoms with Crippen LogP contribution in [0.2, 0.25) is 5.02 Å². The minimum atomic E-state index is 0.0771. The minimum Gasteiger partial charge on any atom is -0.506 e. The second-order valence-corrected chi connectivity index (χ2v) is 5.82. The van der Waals surface area contributed by atoms with E-state index in [1.54, 1.807) is 18.2 Å². The molecule has 0 saturated heterocycles. The van der Waals surface area contributed by atoms with Crippen molar-refractivity contribution < 1.29 is 5.11 Å². The Bertz CT molecular complexity index is 447. The standard InChI is InChI=1S/C14H19ClN2OS/c15-12-8-11(6-7-13(12)18)17-14(19)16-9-10-4-2-1-3-5-10/h6-8,10,18H,1-5,9H2,(H2,16,17,19). The summed E-state index contributed by atoms with van der Waals surface area (Å²) in [5.41, 5.74) is 0.781. The molecule has 0 radical (unpaired) electrons. The van der Waals surface area contributed by atoms with Gasteiger partial charge in [-0.3, -0.25) is 0 Å². The number of rotatable bonds is 3. The molecule has 1 fully saturated rings. The Hall–Kier alpha value is -1.00. The predicted molar refractivity (Wildman–Crippen MR) is 83.9 cm³/mol. The summed E-state index contributed by atoms with van der Waals surface area (Å²) in [7, 11) is 0. The average Bonchev–Trinajstić information content (AvgIpc) is 2.42. The molecular formula is C14H19ClN2OS. The highest BCUT2D eigenvalue weighted by Crippen LogP contribution is 2.26. The summed E-state index contributed by atoms with van der Waals surface area (Å²) in [6, 6.07) is 4.95. The number of phenols is 1. The number of benzene rings is 1. The van der Waals surface area contributed by atoms with E-state index in [1.165, 1.54) is 32.1 Å². The molecular weight excluding hydrogens is 280 g/mol. The Morgan fingerprint density at radius 2 is 2.05 bits per heavy atom. The molecule has 0 spiro atoms. The van der Waals surface area contributed by atoms with Crippen LogP contribution in [0.3, 0.4) is 0 Å². The second-order valence-electron chi connectivity index (χ2n) is 5.01. The monoisotopic (exact) mass is 298 g/mol. The SMILES string of the molecule is Oc1ccc(NC(=S)NCC2CCCCC2)cc1Cl. The van der Waals surface area contributed by atoms with E-state index in [1.807, 2.05) is 0 Å². The summed E-state index contributed by atoms with van der Waals surface area (Å²) < 4.78 is 0. The van der Waals surface area contributed by atoms with Crippen LogP contribution < -0.4 is 10.6 Å². The fraction of sp³-hybridized carbons (Fsp3) is 0.500. The maximum absolute atomic E-state index is 9.34. The van der Waals surface area contributed by atoms with E-state index in [2.05, 4.69) is 10.6 Å². The third kappa shape index (κ3) is 4.55. The highest BCUT2D eigenvalue weighted by molar-refractivity contribution is 7.80. The lowest BCUT2D eigenvalue weighted by Gasteiger charge is -2.22. The zero-order chi connectivity index (χ0) is 13.7. The average molecular weight is 299 g/mol. The second kappa shape index (κ2) is 6.96. The Morgan fingerprint density at radius 1 is 1.32 bits per heavy atom. The molecule has 104 valence electrons. The molecule has 5 heteroatoms. The van der Waals surface area contributed by atoms with Gasteiger partial charge in [0.15, 0.2) is 5.11 Å². The smallest absolute Gasteiger partial charge is 0.170 e. The molecule has 0 atom stereocenters. The number of hydrogen-bond acceptors (Lipinski definition) is 2. The summed E-state index contributed by atoms with van der Waals surface area (Å²) in [6.45, 7) is 0.928. The molecule has 1 aromatic rings. The summed E-state index contributed by atoms with van der Waals surface area (Å²) in [4.78, 5) is 0. The number of halogens is 1. The fourth-order valence-electron chi connectivity index (χ4n) is 2.39. The van der Waals surface area contributed by atoms with Crippen LogP contribution >= 0.6 is 23.8 Å². The maximum atomic E-state index is 9.34. The van der Waals surface area contributed by atoms with Crippen LogP contribution in [0.15, 0.2) is 18.2 Å². The van der Waals surface area contributed by atoms with Crippen molar-refractivity contribution in [1.29, 1.82) is 0 Å². The molecule has 0 aliphatic heterocycles. The van der Waals surface area contributed by atoms with Crippen LogP contribution in [0, 0.1) is 5.92 Å². The van der Waals surface area contributed by atoms with Crippen LogP contribution in [-0.2, 0) is 0 Å². The molecule has 1 saturated carbocycles. The molecule has 3 N–H and O–H groups in total. The van der Waals surface area contributed by atoms with Gasteiger partial charge in [-0.2, -0.15) is 0 Å². The number of hydrogen-bond donors (Lipinski definition) is 3. The van der Waals surface area contributed by atoms with Gasteiger partial charge < -0.3 is 15.7 Å². The molecule has 0 unspecified atom stereocenters. The first-order chi connectivity index (χ1) is 9.15. The molecule has 2 rings (SSSR count). The summed E-state index contributed by atoms with van der Waals surface area (Å²) in [6.07, 6.45) is 6.62. The first-order valence-corrected chi connectivity index (χ1v) is 7.47. The third-order valence-corrected chi connectivity index (χ3v) is 4.03. The van der Waals surface area contributed by atoms with Crippen LogP contribution in [0.1, 0.15) is 32.1 Å². The molecule has 3 nitrogen and oxygen atoms in total. The van der Waals surface area contributed by atoms with Gasteiger partial charge >= 0.3 is 0 Å². The lowest BCUT2D eigenvalue weighted by molar-refractivity contribution is 0.357. The van der Waals surface area contributed by atoms with Crippen molar-refractivity contribution in [3.8, 4) is 5.75 Å². The Labute approximate surface area is 124 Å². The number of thiocarbonyl (C=S) groups is 1. The first kappa shape index (κ1) is 14.4. The van der Waals surface area contributed by atoms with Crippen molar-refractivity contribution in [1.82, 2.24) is 5.32 Å². The van der Waals surface area contributed by atoms with Crippen molar-refractivity contribution in [2.24, 2.45) is 5.92 Å². The van der Waals surface area contributed by atoms with Gasteiger partial charge in [-0.05, 0) is 49.2 Å². The van der Waals surface area contributed by atoms with Gasteiger partial charge in [0, 0.05) is 12.2 Å². The van der Waals surface area contributed by atoms with Crippen LogP contribution in [0.25, 0.3) is 0 Å². The van der Waals surface area contributed by atoms with Crippen molar-refractivity contribution in [3.05, 3.63) is 23.2 Å². The van der Waals surface area contributed by atoms with Crippen molar-refractivity contribution in [2.45, 2.75) is 32.1 Å². The van der Waals surface area contributed by atoms with Gasteiger partial charge in [0.2, 0.25) is 0 Å². The van der Waals surface area contributed by atoms with Crippen LogP contribution in [0.5, 0.6) is 5.75 Å². The third-order valence-electron chi connectivity index (χ3n) is 3.48. The molecule has 0 amide bonds. The van der Waals surface area contributed by atoms with Gasteiger partial charge in [0.25, 0.3) is 0 Å². The van der Waals surface area contributed by atoms with E-state index in [-0.39, 0.29) is 5.75 Å². The van der Waals surface area contributed by atoms with E-state index >= 15 is 0 Å². The van der Waals surface area contributed by atoms with Gasteiger partial charge in [0.05, 0.1) is 5.02 Å². The zero-order valence-corrected chi connectivity index (χ0v) is 12.4. The van der Waals surface area contributed by atoms with E-state index < -0.39 is 0 Å². The molecule has 1 aliphatic carbocycles. The number of phenolic OH excluding ortho intramolecular Hbond substituents is 1. The van der Waals surface area contributed by atoms with Crippen LogP contribution in [-0.4, -0.2) is 16.8 Å². The van der Waals surface area contributed by atoms with E-state index in [4.69, 9.17) is 23.8 Å². The summed E-state index contributed by atoms with van der Waals surface area (Å²) in [5, 5.41) is 16.6.